The Morgan fingerprint density at radius 3 is 2.48 bits per heavy atom. The molecule has 1 heterocycles. The van der Waals surface area contributed by atoms with Crippen LogP contribution in [0.25, 0.3) is 0 Å². The van der Waals surface area contributed by atoms with E-state index < -0.39 is 0 Å². The number of nitrogens with zero attached hydrogens (tertiary/aromatic N) is 1. The second-order valence-corrected chi connectivity index (χ2v) is 5.73. The van der Waals surface area contributed by atoms with Gasteiger partial charge >= 0.3 is 0 Å². The number of rotatable bonds is 7. The van der Waals surface area contributed by atoms with Gasteiger partial charge in [0.1, 0.15) is 0 Å². The Balaban J connectivity index is 2.02. The van der Waals surface area contributed by atoms with Crippen LogP contribution in [0.3, 0.4) is 0 Å². The molecule has 0 aliphatic rings. The highest BCUT2D eigenvalue weighted by molar-refractivity contribution is 5.34. The summed E-state index contributed by atoms with van der Waals surface area (Å²) in [5, 5.41) is 3.64. The molecule has 0 aliphatic heterocycles. The molecule has 0 fully saturated rings. The molecule has 1 N–H and O–H groups in total. The monoisotopic (exact) mass is 282 g/mol. The van der Waals surface area contributed by atoms with Gasteiger partial charge in [0.05, 0.1) is 0 Å². The van der Waals surface area contributed by atoms with Crippen molar-refractivity contribution in [2.24, 2.45) is 0 Å². The second-order valence-electron chi connectivity index (χ2n) is 5.73. The third-order valence-corrected chi connectivity index (χ3v) is 4.09. The first-order chi connectivity index (χ1) is 10.2. The van der Waals surface area contributed by atoms with Gasteiger partial charge in [0, 0.05) is 18.4 Å². The van der Waals surface area contributed by atoms with E-state index in [1.54, 1.807) is 0 Å². The molecule has 0 aliphatic carbocycles. The maximum Gasteiger partial charge on any atom is 0.0299 e. The summed E-state index contributed by atoms with van der Waals surface area (Å²) in [6.07, 6.45) is 7.14. The molecule has 2 nitrogen and oxygen atoms in total. The van der Waals surface area contributed by atoms with Crippen molar-refractivity contribution in [1.82, 2.24) is 10.3 Å². The highest BCUT2D eigenvalue weighted by Crippen LogP contribution is 2.17. The molecule has 21 heavy (non-hydrogen) atoms. The molecule has 0 saturated heterocycles. The maximum atomic E-state index is 4.20. The molecule has 2 heteroatoms. The van der Waals surface area contributed by atoms with Crippen molar-refractivity contribution in [2.45, 2.75) is 46.1 Å². The standard InChI is InChI=1S/C19H26N2/c1-4-21-18(11-10-17-9-6-12-20-14-17)13-19-15(2)7-5-8-16(19)3/h5-9,12,14,18,21H,4,10-11,13H2,1-3H3. The van der Waals surface area contributed by atoms with Crippen LogP contribution in [0.4, 0.5) is 0 Å². The zero-order chi connectivity index (χ0) is 15.1. The molecule has 0 bridgehead atoms. The van der Waals surface area contributed by atoms with E-state index in [1.165, 1.54) is 22.3 Å². The number of hydrogen-bond donors (Lipinski definition) is 1. The quantitative estimate of drug-likeness (QED) is 0.834. The van der Waals surface area contributed by atoms with Gasteiger partial charge in [0.15, 0.2) is 0 Å². The van der Waals surface area contributed by atoms with Gasteiger partial charge in [-0.05, 0) is 68.0 Å². The summed E-state index contributed by atoms with van der Waals surface area (Å²) in [6, 6.07) is 11.3. The van der Waals surface area contributed by atoms with E-state index in [2.05, 4.69) is 55.3 Å². The summed E-state index contributed by atoms with van der Waals surface area (Å²) >= 11 is 0. The summed E-state index contributed by atoms with van der Waals surface area (Å²) in [7, 11) is 0. The van der Waals surface area contributed by atoms with Gasteiger partial charge < -0.3 is 5.32 Å². The number of aromatic nitrogens is 1. The SMILES string of the molecule is CCNC(CCc1cccnc1)Cc1c(C)cccc1C. The Kier molecular flexibility index (Phi) is 5.94. The van der Waals surface area contributed by atoms with Gasteiger partial charge in [-0.15, -0.1) is 0 Å². The predicted octanol–water partition coefficient (Wildman–Crippen LogP) is 3.85. The highest BCUT2D eigenvalue weighted by atomic mass is 14.9. The smallest absolute Gasteiger partial charge is 0.0299 e. The van der Waals surface area contributed by atoms with Crippen LogP contribution in [0.5, 0.6) is 0 Å². The largest absolute Gasteiger partial charge is 0.314 e. The molecule has 0 radical (unpaired) electrons. The lowest BCUT2D eigenvalue weighted by atomic mass is 9.93. The van der Waals surface area contributed by atoms with Gasteiger partial charge in [0.25, 0.3) is 0 Å². The predicted molar refractivity (Wildman–Crippen MR) is 89.6 cm³/mol. The van der Waals surface area contributed by atoms with E-state index in [0.717, 1.165) is 25.8 Å². The Morgan fingerprint density at radius 2 is 1.86 bits per heavy atom. The zero-order valence-electron chi connectivity index (χ0n) is 13.4. The lowest BCUT2D eigenvalue weighted by molar-refractivity contribution is 0.489. The average Bonchev–Trinajstić information content (AvgIpc) is 2.49. The Morgan fingerprint density at radius 1 is 1.10 bits per heavy atom. The molecule has 0 spiro atoms. The first kappa shape index (κ1) is 15.7. The van der Waals surface area contributed by atoms with Gasteiger partial charge in [-0.3, -0.25) is 4.98 Å². The first-order valence-electron chi connectivity index (χ1n) is 7.88. The van der Waals surface area contributed by atoms with Crippen molar-refractivity contribution >= 4 is 0 Å². The third kappa shape index (κ3) is 4.68. The maximum absolute atomic E-state index is 4.20. The summed E-state index contributed by atoms with van der Waals surface area (Å²) < 4.78 is 0. The third-order valence-electron chi connectivity index (χ3n) is 4.09. The van der Waals surface area contributed by atoms with E-state index in [0.29, 0.717) is 6.04 Å². The van der Waals surface area contributed by atoms with Crippen LogP contribution in [-0.2, 0) is 12.8 Å². The summed E-state index contributed by atoms with van der Waals surface area (Å²) in [5.74, 6) is 0. The molecule has 112 valence electrons. The number of hydrogen-bond acceptors (Lipinski definition) is 2. The van der Waals surface area contributed by atoms with Crippen LogP contribution in [-0.4, -0.2) is 17.6 Å². The van der Waals surface area contributed by atoms with Crippen LogP contribution in [0.1, 0.15) is 35.6 Å². The molecular weight excluding hydrogens is 256 g/mol. The molecule has 1 aromatic heterocycles. The molecule has 2 aromatic rings. The van der Waals surface area contributed by atoms with E-state index in [1.807, 2.05) is 18.5 Å². The van der Waals surface area contributed by atoms with Crippen molar-refractivity contribution in [1.29, 1.82) is 0 Å². The normalized spacial score (nSPS) is 12.3. The van der Waals surface area contributed by atoms with Gasteiger partial charge in [0.2, 0.25) is 0 Å². The van der Waals surface area contributed by atoms with Crippen LogP contribution in [0.15, 0.2) is 42.7 Å². The number of pyridine rings is 1. The molecule has 2 rings (SSSR count). The summed E-state index contributed by atoms with van der Waals surface area (Å²) in [4.78, 5) is 4.20. The fourth-order valence-electron chi connectivity index (χ4n) is 2.87. The molecule has 1 aromatic carbocycles. The Hall–Kier alpha value is -1.67. The summed E-state index contributed by atoms with van der Waals surface area (Å²) in [5.41, 5.74) is 5.62. The highest BCUT2D eigenvalue weighted by Gasteiger charge is 2.12. The van der Waals surface area contributed by atoms with Crippen molar-refractivity contribution in [2.75, 3.05) is 6.54 Å². The molecule has 1 unspecified atom stereocenters. The van der Waals surface area contributed by atoms with Crippen molar-refractivity contribution in [3.63, 3.8) is 0 Å². The van der Waals surface area contributed by atoms with Crippen molar-refractivity contribution < 1.29 is 0 Å². The minimum Gasteiger partial charge on any atom is -0.314 e. The summed E-state index contributed by atoms with van der Waals surface area (Å²) in [6.45, 7) is 7.63. The van der Waals surface area contributed by atoms with E-state index in [-0.39, 0.29) is 0 Å². The van der Waals surface area contributed by atoms with Crippen molar-refractivity contribution in [3.8, 4) is 0 Å². The minimum absolute atomic E-state index is 0.523. The fourth-order valence-corrected chi connectivity index (χ4v) is 2.87. The van der Waals surface area contributed by atoms with Crippen LogP contribution in [0, 0.1) is 13.8 Å². The van der Waals surface area contributed by atoms with E-state index in [9.17, 15) is 0 Å². The minimum atomic E-state index is 0.523. The van der Waals surface area contributed by atoms with Crippen LogP contribution in [0.2, 0.25) is 0 Å². The first-order valence-corrected chi connectivity index (χ1v) is 7.88. The zero-order valence-corrected chi connectivity index (χ0v) is 13.4. The number of likely N-dealkylation sites (N-methyl/N-ethyl adjacent to an activating group) is 1. The molecular formula is C19H26N2. The van der Waals surface area contributed by atoms with Crippen molar-refractivity contribution in [3.05, 3.63) is 65.0 Å². The Bertz CT molecular complexity index is 528. The number of aryl methyl sites for hydroxylation is 3. The fraction of sp³-hybridized carbons (Fsp3) is 0.421. The molecule has 0 saturated carbocycles. The number of nitrogens with one attached hydrogen (secondary N) is 1. The van der Waals surface area contributed by atoms with Gasteiger partial charge in [-0.25, -0.2) is 0 Å². The molecule has 1 atom stereocenters. The van der Waals surface area contributed by atoms with Gasteiger partial charge in [-0.2, -0.15) is 0 Å². The molecule has 0 amide bonds. The second kappa shape index (κ2) is 7.94. The van der Waals surface area contributed by atoms with E-state index in [4.69, 9.17) is 0 Å². The number of benzene rings is 1. The van der Waals surface area contributed by atoms with E-state index >= 15 is 0 Å². The topological polar surface area (TPSA) is 24.9 Å². The van der Waals surface area contributed by atoms with Crippen LogP contribution >= 0.6 is 0 Å². The average molecular weight is 282 g/mol. The van der Waals surface area contributed by atoms with Crippen LogP contribution < -0.4 is 5.32 Å². The lowest BCUT2D eigenvalue weighted by Gasteiger charge is -2.20. The Labute approximate surface area is 128 Å². The lowest BCUT2D eigenvalue weighted by Crippen LogP contribution is -2.32. The van der Waals surface area contributed by atoms with Gasteiger partial charge in [-0.1, -0.05) is 31.2 Å².